The Morgan fingerprint density at radius 2 is 1.91 bits per heavy atom. The highest BCUT2D eigenvalue weighted by Crippen LogP contribution is 2.35. The molecule has 4 rings (SSSR count). The van der Waals surface area contributed by atoms with Crippen molar-refractivity contribution < 1.29 is 23.0 Å². The molecule has 1 N–H and O–H groups in total. The van der Waals surface area contributed by atoms with Gasteiger partial charge < -0.3 is 9.84 Å². The first-order chi connectivity index (χ1) is 16.2. The molecule has 0 saturated carbocycles. The van der Waals surface area contributed by atoms with Crippen molar-refractivity contribution in [2.75, 3.05) is 6.61 Å². The summed E-state index contributed by atoms with van der Waals surface area (Å²) in [5.74, 6) is 0.0718. The summed E-state index contributed by atoms with van der Waals surface area (Å²) in [5.41, 5.74) is -0.527. The molecule has 0 aliphatic rings. The van der Waals surface area contributed by atoms with Crippen LogP contribution in [0.15, 0.2) is 75.0 Å². The molecule has 0 amide bonds. The van der Waals surface area contributed by atoms with Crippen molar-refractivity contribution in [2.45, 2.75) is 13.1 Å². The molecule has 10 heteroatoms. The molecule has 174 valence electrons. The summed E-state index contributed by atoms with van der Waals surface area (Å²) in [6, 6.07) is 14.1. The second-order valence-electron chi connectivity index (χ2n) is 7.18. The minimum absolute atomic E-state index is 0.0473. The predicted molar refractivity (Wildman–Crippen MR) is 126 cm³/mol. The van der Waals surface area contributed by atoms with Crippen molar-refractivity contribution in [3.8, 4) is 22.9 Å². The Morgan fingerprint density at radius 3 is 2.65 bits per heavy atom. The number of para-hydroxylation sites is 1. The number of phenols is 1. The maximum atomic E-state index is 13.3. The molecule has 0 saturated heterocycles. The molecule has 0 spiro atoms. The van der Waals surface area contributed by atoms with Crippen molar-refractivity contribution in [1.29, 1.82) is 0 Å². The molecule has 0 aliphatic carbocycles. The van der Waals surface area contributed by atoms with E-state index in [1.807, 2.05) is 0 Å². The average molecular weight is 532 g/mol. The number of aromatic hydroxyl groups is 1. The van der Waals surface area contributed by atoms with Gasteiger partial charge in [-0.05, 0) is 64.8 Å². The predicted octanol–water partition coefficient (Wildman–Crippen LogP) is 5.83. The molecule has 0 radical (unpaired) electrons. The fourth-order valence-electron chi connectivity index (χ4n) is 3.31. The summed E-state index contributed by atoms with van der Waals surface area (Å²) in [4.78, 5) is 17.7. The first-order valence-corrected chi connectivity index (χ1v) is 10.9. The molecule has 0 unspecified atom stereocenters. The third-order valence-corrected chi connectivity index (χ3v) is 5.48. The van der Waals surface area contributed by atoms with Gasteiger partial charge in [0.1, 0.15) is 0 Å². The minimum Gasteiger partial charge on any atom is -0.503 e. The lowest BCUT2D eigenvalue weighted by Gasteiger charge is -2.12. The van der Waals surface area contributed by atoms with Gasteiger partial charge in [0.05, 0.1) is 33.8 Å². The first-order valence-electron chi connectivity index (χ1n) is 10.1. The van der Waals surface area contributed by atoms with E-state index in [9.17, 15) is 23.1 Å². The number of hydrogen-bond acceptors (Lipinski definition) is 5. The van der Waals surface area contributed by atoms with Crippen molar-refractivity contribution in [3.63, 3.8) is 0 Å². The maximum absolute atomic E-state index is 13.3. The van der Waals surface area contributed by atoms with Crippen LogP contribution in [0.25, 0.3) is 22.3 Å². The normalized spacial score (nSPS) is 11.9. The highest BCUT2D eigenvalue weighted by Gasteiger charge is 2.31. The van der Waals surface area contributed by atoms with E-state index < -0.39 is 17.3 Å². The molecular weight excluding hydrogens is 515 g/mol. The molecule has 1 heterocycles. The zero-order chi connectivity index (χ0) is 24.5. The van der Waals surface area contributed by atoms with E-state index in [0.29, 0.717) is 22.2 Å². The number of fused-ring (bicyclic) bond motifs is 1. The van der Waals surface area contributed by atoms with Crippen molar-refractivity contribution in [2.24, 2.45) is 5.10 Å². The van der Waals surface area contributed by atoms with E-state index >= 15 is 0 Å². The van der Waals surface area contributed by atoms with Crippen LogP contribution in [0.4, 0.5) is 13.2 Å². The van der Waals surface area contributed by atoms with E-state index in [2.05, 4.69) is 26.0 Å². The lowest BCUT2D eigenvalue weighted by atomic mass is 10.1. The molecule has 0 atom stereocenters. The van der Waals surface area contributed by atoms with E-state index in [4.69, 9.17) is 4.74 Å². The third kappa shape index (κ3) is 4.67. The highest BCUT2D eigenvalue weighted by molar-refractivity contribution is 9.10. The topological polar surface area (TPSA) is 76.7 Å². The van der Waals surface area contributed by atoms with Crippen molar-refractivity contribution >= 4 is 33.0 Å². The number of phenolic OH excluding ortho intramolecular Hbond substituents is 1. The summed E-state index contributed by atoms with van der Waals surface area (Å²) in [5, 5.41) is 14.6. The second kappa shape index (κ2) is 9.30. The Kier molecular flexibility index (Phi) is 6.43. The van der Waals surface area contributed by atoms with Crippen molar-refractivity contribution in [3.05, 3.63) is 86.6 Å². The van der Waals surface area contributed by atoms with Crippen LogP contribution in [-0.4, -0.2) is 27.6 Å². The van der Waals surface area contributed by atoms with E-state index in [-0.39, 0.29) is 28.3 Å². The lowest BCUT2D eigenvalue weighted by molar-refractivity contribution is -0.137. The lowest BCUT2D eigenvalue weighted by Crippen LogP contribution is -2.20. The number of nitrogens with zero attached hydrogens (tertiary/aromatic N) is 3. The molecule has 3 aromatic carbocycles. The van der Waals surface area contributed by atoms with Gasteiger partial charge in [-0.25, -0.2) is 4.98 Å². The Morgan fingerprint density at radius 1 is 1.15 bits per heavy atom. The molecule has 1 aromatic heterocycles. The fourth-order valence-corrected chi connectivity index (χ4v) is 3.77. The van der Waals surface area contributed by atoms with Crippen LogP contribution in [0.5, 0.6) is 11.5 Å². The van der Waals surface area contributed by atoms with Crippen LogP contribution in [0.2, 0.25) is 0 Å². The standard InChI is InChI=1S/C24H17BrF3N3O3/c1-2-34-20-11-14(10-18(25)21(20)32)13-29-31-22(15-6-5-7-16(12-15)24(26,27)28)30-19-9-4-3-8-17(19)23(31)33/h3-13,32H,2H2,1H3. The van der Waals surface area contributed by atoms with Crippen LogP contribution in [0.3, 0.4) is 0 Å². The second-order valence-corrected chi connectivity index (χ2v) is 8.03. The van der Waals surface area contributed by atoms with Gasteiger partial charge >= 0.3 is 6.18 Å². The van der Waals surface area contributed by atoms with Gasteiger partial charge in [0, 0.05) is 5.56 Å². The van der Waals surface area contributed by atoms with Gasteiger partial charge in [-0.2, -0.15) is 22.9 Å². The smallest absolute Gasteiger partial charge is 0.416 e. The average Bonchev–Trinajstić information content (AvgIpc) is 2.81. The van der Waals surface area contributed by atoms with E-state index in [1.165, 1.54) is 24.4 Å². The molecule has 6 nitrogen and oxygen atoms in total. The minimum atomic E-state index is -4.56. The molecule has 34 heavy (non-hydrogen) atoms. The number of benzene rings is 3. The summed E-state index contributed by atoms with van der Waals surface area (Å²) in [6.07, 6.45) is -3.23. The number of hydrogen-bond donors (Lipinski definition) is 1. The highest BCUT2D eigenvalue weighted by atomic mass is 79.9. The fraction of sp³-hybridized carbons (Fsp3) is 0.125. The molecular formula is C24H17BrF3N3O3. The van der Waals surface area contributed by atoms with Crippen LogP contribution >= 0.6 is 15.9 Å². The van der Waals surface area contributed by atoms with Crippen LogP contribution in [0, 0.1) is 0 Å². The first kappa shape index (κ1) is 23.5. The van der Waals surface area contributed by atoms with E-state index in [0.717, 1.165) is 16.8 Å². The monoisotopic (exact) mass is 531 g/mol. The number of halogens is 4. The molecule has 0 bridgehead atoms. The molecule has 0 aliphatic heterocycles. The number of ether oxygens (including phenoxy) is 1. The SMILES string of the molecule is CCOc1cc(C=Nn2c(-c3cccc(C(F)(F)F)c3)nc3ccccc3c2=O)cc(Br)c1O. The Bertz CT molecular complexity index is 1470. The van der Waals surface area contributed by atoms with Crippen LogP contribution in [0.1, 0.15) is 18.1 Å². The maximum Gasteiger partial charge on any atom is 0.416 e. The quantitative estimate of drug-likeness (QED) is 0.328. The van der Waals surface area contributed by atoms with Gasteiger partial charge in [0.2, 0.25) is 0 Å². The van der Waals surface area contributed by atoms with Gasteiger partial charge in [-0.1, -0.05) is 24.3 Å². The van der Waals surface area contributed by atoms with E-state index in [1.54, 1.807) is 37.3 Å². The zero-order valence-electron chi connectivity index (χ0n) is 17.7. The number of aromatic nitrogens is 2. The van der Waals surface area contributed by atoms with Gasteiger partial charge in [-0.15, -0.1) is 0 Å². The summed E-state index contributed by atoms with van der Waals surface area (Å²) in [7, 11) is 0. The third-order valence-electron chi connectivity index (χ3n) is 4.87. The molecule has 4 aromatic rings. The summed E-state index contributed by atoms with van der Waals surface area (Å²) in [6.45, 7) is 2.07. The largest absolute Gasteiger partial charge is 0.503 e. The number of alkyl halides is 3. The summed E-state index contributed by atoms with van der Waals surface area (Å²) < 4.78 is 46.6. The van der Waals surface area contributed by atoms with Crippen molar-refractivity contribution in [1.82, 2.24) is 9.66 Å². The summed E-state index contributed by atoms with van der Waals surface area (Å²) >= 11 is 3.24. The van der Waals surface area contributed by atoms with Gasteiger partial charge in [0.15, 0.2) is 17.3 Å². The Hall–Kier alpha value is -3.66. The number of rotatable bonds is 5. The van der Waals surface area contributed by atoms with Crippen LogP contribution in [-0.2, 0) is 6.18 Å². The molecule has 0 fully saturated rings. The Labute approximate surface area is 200 Å². The zero-order valence-corrected chi connectivity index (χ0v) is 19.3. The van der Waals surface area contributed by atoms with Gasteiger partial charge in [-0.3, -0.25) is 4.79 Å². The van der Waals surface area contributed by atoms with Gasteiger partial charge in [0.25, 0.3) is 5.56 Å². The Balaban J connectivity index is 1.91. The van der Waals surface area contributed by atoms with Crippen LogP contribution < -0.4 is 10.3 Å².